The van der Waals surface area contributed by atoms with Gasteiger partial charge in [-0.3, -0.25) is 19.2 Å². The SMILES string of the molecule is CCC(C)C(=O)O[C@H]1[C@@H](OC(C)=O)C[C@@H](C)[C@]23OC(C)(C)[C@H](C[C@@H](OC(=O)c4ccccc4)[C@]12COC(C)=O)[C@H]3OC(C)=O. The standard InChI is InChI=1S/C33H44O11/c1-9-18(2)29(37)43-28-25(40-21(5)35)15-19(3)33-27(41-22(6)36)24(31(7,8)44-33)16-26(32(28,33)17-39-20(4)34)42-30(38)23-13-11-10-12-14-23/h10-14,18-19,24-28H,9,15-17H2,1-8H3/t18?,19-,24-,25+,26-,27-,28+,32-,33-/m1/s1. The van der Waals surface area contributed by atoms with E-state index in [9.17, 15) is 24.0 Å². The number of esters is 5. The van der Waals surface area contributed by atoms with Crippen LogP contribution in [0.25, 0.3) is 0 Å². The molecule has 3 fully saturated rings. The van der Waals surface area contributed by atoms with Crippen molar-refractivity contribution >= 4 is 29.8 Å². The van der Waals surface area contributed by atoms with Gasteiger partial charge in [-0.05, 0) is 51.2 Å². The van der Waals surface area contributed by atoms with Gasteiger partial charge in [-0.1, -0.05) is 39.0 Å². The second kappa shape index (κ2) is 12.5. The number of rotatable bonds is 9. The predicted molar refractivity (Wildman–Crippen MR) is 155 cm³/mol. The third-order valence-electron chi connectivity index (χ3n) is 9.69. The third-order valence-corrected chi connectivity index (χ3v) is 9.69. The lowest BCUT2D eigenvalue weighted by Gasteiger charge is -2.63. The van der Waals surface area contributed by atoms with Crippen molar-refractivity contribution in [3.8, 4) is 0 Å². The van der Waals surface area contributed by atoms with Gasteiger partial charge in [0, 0.05) is 26.7 Å². The zero-order valence-electron chi connectivity index (χ0n) is 26.7. The van der Waals surface area contributed by atoms with Gasteiger partial charge in [0.25, 0.3) is 0 Å². The molecule has 9 atom stereocenters. The molecule has 2 saturated carbocycles. The van der Waals surface area contributed by atoms with E-state index in [-0.39, 0.29) is 18.4 Å². The summed E-state index contributed by atoms with van der Waals surface area (Å²) in [5.41, 5.74) is -3.77. The van der Waals surface area contributed by atoms with Crippen molar-refractivity contribution in [1.29, 1.82) is 0 Å². The highest BCUT2D eigenvalue weighted by molar-refractivity contribution is 5.89. The monoisotopic (exact) mass is 616 g/mol. The molecule has 11 heteroatoms. The minimum absolute atomic E-state index is 0.115. The van der Waals surface area contributed by atoms with Crippen molar-refractivity contribution in [3.05, 3.63) is 35.9 Å². The lowest BCUT2D eigenvalue weighted by atomic mass is 9.47. The molecule has 1 aliphatic heterocycles. The maximum absolute atomic E-state index is 13.7. The lowest BCUT2D eigenvalue weighted by Crippen LogP contribution is -2.78. The van der Waals surface area contributed by atoms with Gasteiger partial charge in [0.05, 0.1) is 17.1 Å². The van der Waals surface area contributed by atoms with Gasteiger partial charge in [0.1, 0.15) is 35.9 Å². The maximum atomic E-state index is 13.7. The fraction of sp³-hybridized carbons (Fsp3) is 0.667. The average Bonchev–Trinajstić information content (AvgIpc) is 3.11. The fourth-order valence-corrected chi connectivity index (χ4v) is 7.61. The van der Waals surface area contributed by atoms with Crippen molar-refractivity contribution in [3.63, 3.8) is 0 Å². The summed E-state index contributed by atoms with van der Waals surface area (Å²) in [6.45, 7) is 12.5. The molecule has 4 rings (SSSR count). The van der Waals surface area contributed by atoms with Gasteiger partial charge in [0.15, 0.2) is 6.10 Å². The highest BCUT2D eigenvalue weighted by Gasteiger charge is 2.82. The molecule has 242 valence electrons. The fourth-order valence-electron chi connectivity index (χ4n) is 7.61. The Morgan fingerprint density at radius 2 is 1.52 bits per heavy atom. The average molecular weight is 617 g/mol. The highest BCUT2D eigenvalue weighted by Crippen LogP contribution is 2.68. The molecule has 44 heavy (non-hydrogen) atoms. The minimum Gasteiger partial charge on any atom is -0.465 e. The normalized spacial score (nSPS) is 34.1. The molecule has 0 amide bonds. The van der Waals surface area contributed by atoms with Crippen LogP contribution in [-0.2, 0) is 47.6 Å². The van der Waals surface area contributed by atoms with Gasteiger partial charge < -0.3 is 28.4 Å². The van der Waals surface area contributed by atoms with E-state index in [0.29, 0.717) is 6.42 Å². The summed E-state index contributed by atoms with van der Waals surface area (Å²) >= 11 is 0. The van der Waals surface area contributed by atoms with Crippen molar-refractivity contribution in [2.45, 2.75) is 110 Å². The molecule has 1 aromatic carbocycles. The summed E-state index contributed by atoms with van der Waals surface area (Å²) in [7, 11) is 0. The second-order valence-electron chi connectivity index (χ2n) is 12.9. The Morgan fingerprint density at radius 1 is 0.886 bits per heavy atom. The zero-order valence-corrected chi connectivity index (χ0v) is 26.7. The summed E-state index contributed by atoms with van der Waals surface area (Å²) in [4.78, 5) is 64.8. The van der Waals surface area contributed by atoms with Crippen molar-refractivity contribution in [1.82, 2.24) is 0 Å². The first-order valence-corrected chi connectivity index (χ1v) is 15.2. The van der Waals surface area contributed by atoms with Gasteiger partial charge in [0.2, 0.25) is 0 Å². The molecule has 1 unspecified atom stereocenters. The minimum atomic E-state index is -1.66. The third kappa shape index (κ3) is 5.71. The van der Waals surface area contributed by atoms with E-state index in [0.717, 1.165) is 0 Å². The summed E-state index contributed by atoms with van der Waals surface area (Å²) in [5.74, 6) is -4.52. The van der Waals surface area contributed by atoms with Crippen molar-refractivity contribution in [2.75, 3.05) is 6.61 Å². The second-order valence-corrected chi connectivity index (χ2v) is 12.9. The van der Waals surface area contributed by atoms with Crippen LogP contribution < -0.4 is 0 Å². The largest absolute Gasteiger partial charge is 0.465 e. The Morgan fingerprint density at radius 3 is 2.09 bits per heavy atom. The molecule has 1 saturated heterocycles. The molecule has 2 bridgehead atoms. The Bertz CT molecular complexity index is 1280. The molecule has 0 aromatic heterocycles. The number of fused-ring (bicyclic) bond motifs is 1. The zero-order chi connectivity index (χ0) is 32.6. The molecule has 1 heterocycles. The summed E-state index contributed by atoms with van der Waals surface area (Å²) in [5, 5.41) is 0. The number of carbonyl (C=O) groups excluding carboxylic acids is 5. The number of hydrogen-bond donors (Lipinski definition) is 0. The Hall–Kier alpha value is -3.47. The van der Waals surface area contributed by atoms with Crippen LogP contribution in [0.5, 0.6) is 0 Å². The first-order valence-electron chi connectivity index (χ1n) is 15.2. The molecule has 2 aliphatic carbocycles. The van der Waals surface area contributed by atoms with E-state index in [1.165, 1.54) is 20.8 Å². The van der Waals surface area contributed by atoms with Crippen LogP contribution in [0.1, 0.15) is 85.0 Å². The quantitative estimate of drug-likeness (QED) is 0.291. The summed E-state index contributed by atoms with van der Waals surface area (Å²) in [6, 6.07) is 8.41. The van der Waals surface area contributed by atoms with E-state index in [4.69, 9.17) is 28.4 Å². The number of ether oxygens (including phenoxy) is 6. The molecule has 1 spiro atoms. The van der Waals surface area contributed by atoms with Crippen LogP contribution in [0, 0.1) is 23.2 Å². The van der Waals surface area contributed by atoms with Gasteiger partial charge >= 0.3 is 29.8 Å². The lowest BCUT2D eigenvalue weighted by molar-refractivity contribution is -0.319. The van der Waals surface area contributed by atoms with E-state index >= 15 is 0 Å². The molecule has 1 aromatic rings. The van der Waals surface area contributed by atoms with Gasteiger partial charge in [-0.2, -0.15) is 0 Å². The van der Waals surface area contributed by atoms with Crippen LogP contribution in [0.3, 0.4) is 0 Å². The van der Waals surface area contributed by atoms with Gasteiger partial charge in [-0.15, -0.1) is 0 Å². The van der Waals surface area contributed by atoms with Crippen LogP contribution in [-0.4, -0.2) is 72.1 Å². The Balaban J connectivity index is 2.03. The topological polar surface area (TPSA) is 141 Å². The summed E-state index contributed by atoms with van der Waals surface area (Å²) < 4.78 is 37.2. The van der Waals surface area contributed by atoms with E-state index in [1.807, 2.05) is 27.7 Å². The highest BCUT2D eigenvalue weighted by atomic mass is 16.6. The van der Waals surface area contributed by atoms with Crippen LogP contribution in [0.15, 0.2) is 30.3 Å². The maximum Gasteiger partial charge on any atom is 0.338 e. The Kier molecular flexibility index (Phi) is 9.49. The number of hydrogen-bond acceptors (Lipinski definition) is 11. The van der Waals surface area contributed by atoms with Crippen LogP contribution >= 0.6 is 0 Å². The predicted octanol–water partition coefficient (Wildman–Crippen LogP) is 4.19. The Labute approximate surface area is 258 Å². The van der Waals surface area contributed by atoms with E-state index in [2.05, 4.69) is 0 Å². The molecular formula is C33H44O11. The first-order chi connectivity index (χ1) is 20.6. The molecule has 11 nitrogen and oxygen atoms in total. The first kappa shape index (κ1) is 33.4. The smallest absolute Gasteiger partial charge is 0.338 e. The van der Waals surface area contributed by atoms with Crippen LogP contribution in [0.4, 0.5) is 0 Å². The van der Waals surface area contributed by atoms with E-state index < -0.39 is 95.2 Å². The van der Waals surface area contributed by atoms with Crippen LogP contribution in [0.2, 0.25) is 0 Å². The van der Waals surface area contributed by atoms with Crippen molar-refractivity contribution in [2.24, 2.45) is 23.2 Å². The molecule has 0 N–H and O–H groups in total. The number of benzene rings is 1. The van der Waals surface area contributed by atoms with Gasteiger partial charge in [-0.25, -0.2) is 4.79 Å². The molecular weight excluding hydrogens is 572 g/mol. The molecule has 0 radical (unpaired) electrons. The summed E-state index contributed by atoms with van der Waals surface area (Å²) in [6.07, 6.45) is -3.54. The van der Waals surface area contributed by atoms with Crippen molar-refractivity contribution < 1.29 is 52.4 Å². The number of carbonyl (C=O) groups is 5. The van der Waals surface area contributed by atoms with E-state index in [1.54, 1.807) is 37.3 Å². The molecule has 3 aliphatic rings.